The van der Waals surface area contributed by atoms with Crippen molar-refractivity contribution in [1.29, 1.82) is 0 Å². The minimum Gasteiger partial charge on any atom is -0.453 e. The van der Waals surface area contributed by atoms with Crippen LogP contribution in [-0.2, 0) is 14.3 Å². The monoisotopic (exact) mass is 590 g/mol. The maximum absolute atomic E-state index is 13.1. The van der Waals surface area contributed by atoms with Crippen LogP contribution in [0.1, 0.15) is 49.6 Å². The maximum atomic E-state index is 13.1. The number of amides is 3. The Labute approximate surface area is 245 Å². The van der Waals surface area contributed by atoms with Gasteiger partial charge in [0.25, 0.3) is 0 Å². The Kier molecular flexibility index (Phi) is 8.87. The van der Waals surface area contributed by atoms with Gasteiger partial charge >= 0.3 is 6.09 Å². The smallest absolute Gasteiger partial charge is 0.411 e. The zero-order valence-corrected chi connectivity index (χ0v) is 23.3. The summed E-state index contributed by atoms with van der Waals surface area (Å²) in [6.07, 6.45) is 8.42. The first-order valence-corrected chi connectivity index (χ1v) is 13.5. The van der Waals surface area contributed by atoms with Crippen LogP contribution in [-0.4, -0.2) is 50.2 Å². The molecule has 0 aliphatic carbocycles. The first-order valence-electron chi connectivity index (χ1n) is 13.2. The number of rotatable bonds is 5. The van der Waals surface area contributed by atoms with Crippen molar-refractivity contribution in [3.05, 3.63) is 71.5 Å². The van der Waals surface area contributed by atoms with Gasteiger partial charge in [0.2, 0.25) is 17.7 Å². The molecule has 216 valence electrons. The van der Waals surface area contributed by atoms with Crippen molar-refractivity contribution in [3.63, 3.8) is 0 Å². The Hall–Kier alpha value is -5.04. The van der Waals surface area contributed by atoms with Gasteiger partial charge in [-0.1, -0.05) is 24.4 Å². The van der Waals surface area contributed by atoms with Gasteiger partial charge in [-0.15, -0.1) is 5.10 Å². The predicted molar refractivity (Wildman–Crippen MR) is 154 cm³/mol. The first-order chi connectivity index (χ1) is 20.4. The minimum atomic E-state index is -0.637. The van der Waals surface area contributed by atoms with E-state index in [4.69, 9.17) is 16.0 Å². The molecule has 2 aromatic heterocycles. The maximum Gasteiger partial charge on any atom is 0.411 e. The number of anilines is 2. The molecule has 0 radical (unpaired) electrons. The molecule has 1 aliphatic rings. The summed E-state index contributed by atoms with van der Waals surface area (Å²) in [6, 6.07) is 9.64. The van der Waals surface area contributed by atoms with E-state index in [2.05, 4.69) is 41.2 Å². The Morgan fingerprint density at radius 1 is 1.19 bits per heavy atom. The highest BCUT2D eigenvalue weighted by Gasteiger charge is 2.22. The van der Waals surface area contributed by atoms with Gasteiger partial charge in [0.05, 0.1) is 24.7 Å². The normalized spacial score (nSPS) is 15.5. The fraction of sp³-hybridized carbons (Fsp3) is 0.250. The summed E-state index contributed by atoms with van der Waals surface area (Å²) in [5, 5.41) is 20.2. The van der Waals surface area contributed by atoms with Crippen molar-refractivity contribution in [1.82, 2.24) is 30.5 Å². The number of hydrogen-bond acceptors (Lipinski definition) is 9. The standard InChI is InChI=1S/C28H27ClN8O5/c1-41-28(40)32-19-9-10-20-22(14-19)34-25(38)6-4-2-3-5-21(27-30-15-24(20)42-27)33-26(39)12-7-17-13-18(29)8-11-23(17)37-16-31-35-36-37/h7-16,21H,2-6H2,1H3,(H,32,40)(H,33,39)(H,34,38)/b12-7+/t21-/m0/s1. The van der Waals surface area contributed by atoms with E-state index in [0.29, 0.717) is 64.1 Å². The molecule has 1 atom stereocenters. The quantitative estimate of drug-likeness (QED) is 0.273. The number of nitrogens with zero attached hydrogens (tertiary/aromatic N) is 5. The summed E-state index contributed by atoms with van der Waals surface area (Å²) in [4.78, 5) is 41.9. The van der Waals surface area contributed by atoms with Crippen LogP contribution in [0, 0.1) is 0 Å². The van der Waals surface area contributed by atoms with Crippen LogP contribution in [0.5, 0.6) is 0 Å². The van der Waals surface area contributed by atoms with Gasteiger partial charge in [0.15, 0.2) is 5.76 Å². The van der Waals surface area contributed by atoms with E-state index in [1.165, 1.54) is 24.2 Å². The summed E-state index contributed by atoms with van der Waals surface area (Å²) in [7, 11) is 1.26. The lowest BCUT2D eigenvalue weighted by Crippen LogP contribution is -2.27. The molecular weight excluding hydrogens is 564 g/mol. The second kappa shape index (κ2) is 13.1. The van der Waals surface area contributed by atoms with E-state index >= 15 is 0 Å². The average Bonchev–Trinajstić information content (AvgIpc) is 3.68. The Morgan fingerprint density at radius 2 is 2.07 bits per heavy atom. The number of oxazole rings is 1. The van der Waals surface area contributed by atoms with E-state index in [9.17, 15) is 14.4 Å². The molecule has 14 heteroatoms. The van der Waals surface area contributed by atoms with E-state index in [1.54, 1.807) is 48.7 Å². The van der Waals surface area contributed by atoms with Gasteiger partial charge in [-0.3, -0.25) is 14.9 Å². The lowest BCUT2D eigenvalue weighted by Gasteiger charge is -2.14. The fourth-order valence-corrected chi connectivity index (χ4v) is 4.67. The molecule has 0 fully saturated rings. The lowest BCUT2D eigenvalue weighted by molar-refractivity contribution is -0.117. The lowest BCUT2D eigenvalue weighted by atomic mass is 10.1. The molecule has 3 N–H and O–H groups in total. The molecule has 5 rings (SSSR count). The van der Waals surface area contributed by atoms with Crippen molar-refractivity contribution in [3.8, 4) is 17.0 Å². The van der Waals surface area contributed by atoms with Crippen LogP contribution in [0.3, 0.4) is 0 Å². The van der Waals surface area contributed by atoms with Crippen LogP contribution >= 0.6 is 11.6 Å². The average molecular weight is 591 g/mol. The Balaban J connectivity index is 1.39. The van der Waals surface area contributed by atoms with Crippen LogP contribution in [0.25, 0.3) is 23.1 Å². The van der Waals surface area contributed by atoms with E-state index in [0.717, 1.165) is 12.8 Å². The van der Waals surface area contributed by atoms with Gasteiger partial charge in [-0.2, -0.15) is 4.68 Å². The van der Waals surface area contributed by atoms with Crippen LogP contribution < -0.4 is 16.0 Å². The molecule has 2 aromatic carbocycles. The SMILES string of the molecule is COC(=O)Nc1ccc2c(c1)NC(=O)CCCCC[C@H](NC(=O)/C=C/c1cc(Cl)ccc1-n1cnnn1)c1ncc-2o1. The first kappa shape index (κ1) is 28.5. The summed E-state index contributed by atoms with van der Waals surface area (Å²) in [5.41, 5.74) is 2.75. The topological polar surface area (TPSA) is 166 Å². The molecule has 0 spiro atoms. The number of carbonyl (C=O) groups excluding carboxylic acids is 3. The van der Waals surface area contributed by atoms with Crippen molar-refractivity contribution in [2.45, 2.75) is 38.1 Å². The zero-order chi connectivity index (χ0) is 29.5. The van der Waals surface area contributed by atoms with E-state index in [1.807, 2.05) is 0 Å². The Morgan fingerprint density at radius 3 is 2.88 bits per heavy atom. The number of carbonyl (C=O) groups is 3. The summed E-state index contributed by atoms with van der Waals surface area (Å²) < 4.78 is 12.2. The van der Waals surface area contributed by atoms with Crippen LogP contribution in [0.4, 0.5) is 16.2 Å². The third-order valence-corrected chi connectivity index (χ3v) is 6.76. The highest BCUT2D eigenvalue weighted by Crippen LogP contribution is 2.34. The second-order valence-corrected chi connectivity index (χ2v) is 9.88. The molecule has 0 saturated carbocycles. The highest BCUT2D eigenvalue weighted by atomic mass is 35.5. The van der Waals surface area contributed by atoms with E-state index < -0.39 is 12.1 Å². The zero-order valence-electron chi connectivity index (χ0n) is 22.5. The van der Waals surface area contributed by atoms with Crippen molar-refractivity contribution in [2.75, 3.05) is 17.7 Å². The number of hydrogen-bond donors (Lipinski definition) is 3. The third-order valence-electron chi connectivity index (χ3n) is 6.53. The molecule has 3 amide bonds. The fourth-order valence-electron chi connectivity index (χ4n) is 4.49. The molecule has 1 aliphatic heterocycles. The molecule has 4 aromatic rings. The summed E-state index contributed by atoms with van der Waals surface area (Å²) >= 11 is 6.19. The number of nitrogens with one attached hydrogen (secondary N) is 3. The van der Waals surface area contributed by atoms with Gasteiger partial charge in [0, 0.05) is 34.3 Å². The number of methoxy groups -OCH3 is 1. The van der Waals surface area contributed by atoms with Gasteiger partial charge < -0.3 is 19.8 Å². The number of halogens is 1. The number of aromatic nitrogens is 5. The molecule has 2 bridgehead atoms. The molecular formula is C28H27ClN8O5. The minimum absolute atomic E-state index is 0.164. The summed E-state index contributed by atoms with van der Waals surface area (Å²) in [5.74, 6) is 0.200. The second-order valence-electron chi connectivity index (χ2n) is 9.44. The number of fused-ring (bicyclic) bond motifs is 4. The van der Waals surface area contributed by atoms with Crippen molar-refractivity contribution >= 4 is 47.0 Å². The molecule has 3 heterocycles. The molecule has 13 nitrogen and oxygen atoms in total. The number of ether oxygens (including phenoxy) is 1. The third kappa shape index (κ3) is 6.99. The molecule has 0 unspecified atom stereocenters. The number of tetrazole rings is 1. The Bertz CT molecular complexity index is 1620. The predicted octanol–water partition coefficient (Wildman–Crippen LogP) is 4.92. The van der Waals surface area contributed by atoms with Crippen molar-refractivity contribution in [2.24, 2.45) is 0 Å². The van der Waals surface area contributed by atoms with Crippen LogP contribution in [0.15, 0.2) is 59.4 Å². The van der Waals surface area contributed by atoms with E-state index in [-0.39, 0.29) is 11.8 Å². The molecule has 0 saturated heterocycles. The number of benzene rings is 2. The van der Waals surface area contributed by atoms with Crippen molar-refractivity contribution < 1.29 is 23.5 Å². The highest BCUT2D eigenvalue weighted by molar-refractivity contribution is 6.30. The van der Waals surface area contributed by atoms with Gasteiger partial charge in [-0.05, 0) is 65.7 Å². The largest absolute Gasteiger partial charge is 0.453 e. The molecule has 42 heavy (non-hydrogen) atoms. The van der Waals surface area contributed by atoms with Crippen LogP contribution in [0.2, 0.25) is 5.02 Å². The van der Waals surface area contributed by atoms with Gasteiger partial charge in [-0.25, -0.2) is 9.78 Å². The van der Waals surface area contributed by atoms with Gasteiger partial charge in [0.1, 0.15) is 12.4 Å². The summed E-state index contributed by atoms with van der Waals surface area (Å²) in [6.45, 7) is 0.